The van der Waals surface area contributed by atoms with Crippen molar-refractivity contribution in [2.45, 2.75) is 85.0 Å². The van der Waals surface area contributed by atoms with Gasteiger partial charge in [-0.1, -0.05) is 33.4 Å². The molecule has 0 N–H and O–H groups in total. The molecule has 0 saturated carbocycles. The van der Waals surface area contributed by atoms with Crippen LogP contribution >= 0.6 is 0 Å². The van der Waals surface area contributed by atoms with Crippen molar-refractivity contribution in [2.24, 2.45) is 5.41 Å². The van der Waals surface area contributed by atoms with E-state index in [2.05, 4.69) is 40.4 Å². The Hall–Kier alpha value is -1.67. The van der Waals surface area contributed by atoms with Gasteiger partial charge in [0.2, 0.25) is 0 Å². The minimum atomic E-state index is -2.07. The zero-order valence-corrected chi connectivity index (χ0v) is 21.0. The fourth-order valence-corrected chi connectivity index (χ4v) is 3.72. The molecule has 0 aromatic rings. The monoisotopic (exact) mass is 444 g/mol. The highest BCUT2D eigenvalue weighted by Crippen LogP contribution is 2.38. The summed E-state index contributed by atoms with van der Waals surface area (Å²) in [6, 6.07) is 0. The molecule has 1 unspecified atom stereocenters. The molecule has 7 nitrogen and oxygen atoms in total. The molecular formula is C22H40O7Si. The molecule has 0 aromatic heterocycles. The molecule has 0 aromatic carbocycles. The predicted molar refractivity (Wildman–Crippen MR) is 118 cm³/mol. The van der Waals surface area contributed by atoms with Gasteiger partial charge in [0.1, 0.15) is 6.10 Å². The van der Waals surface area contributed by atoms with E-state index < -0.39 is 37.7 Å². The SMILES string of the molecule is C=CC(CCC(CCO[Si](C)(C)C(C)(C)C)(C(=O)OCC)C(=O)OCC)OC(C)=O. The van der Waals surface area contributed by atoms with Crippen LogP contribution in [0.15, 0.2) is 12.7 Å². The van der Waals surface area contributed by atoms with Gasteiger partial charge in [-0.3, -0.25) is 14.4 Å². The van der Waals surface area contributed by atoms with Crippen molar-refractivity contribution in [2.75, 3.05) is 19.8 Å². The van der Waals surface area contributed by atoms with Gasteiger partial charge in [-0.2, -0.15) is 0 Å². The Labute approximate surface area is 182 Å². The zero-order chi connectivity index (χ0) is 23.6. The number of rotatable bonds is 13. The number of carbonyl (C=O) groups is 3. The van der Waals surface area contributed by atoms with Crippen LogP contribution in [-0.2, 0) is 33.0 Å². The standard InChI is InChI=1S/C22H40O7Si/c1-10-18(29-17(4)23)13-14-22(19(24)26-11-2,20(25)27-12-3)15-16-28-30(8,9)21(5,6)7/h10,18H,1,11-16H2,2-9H3. The molecule has 0 spiro atoms. The molecule has 30 heavy (non-hydrogen) atoms. The third-order valence-corrected chi connectivity index (χ3v) is 10.1. The van der Waals surface area contributed by atoms with E-state index >= 15 is 0 Å². The quantitative estimate of drug-likeness (QED) is 0.137. The van der Waals surface area contributed by atoms with E-state index in [1.165, 1.54) is 13.0 Å². The average molecular weight is 445 g/mol. The largest absolute Gasteiger partial charge is 0.465 e. The van der Waals surface area contributed by atoms with Gasteiger partial charge < -0.3 is 18.6 Å². The van der Waals surface area contributed by atoms with E-state index in [-0.39, 0.29) is 44.1 Å². The average Bonchev–Trinajstić information content (AvgIpc) is 2.62. The van der Waals surface area contributed by atoms with E-state index in [4.69, 9.17) is 18.6 Å². The van der Waals surface area contributed by atoms with Gasteiger partial charge in [0.15, 0.2) is 13.7 Å². The first kappa shape index (κ1) is 28.3. The summed E-state index contributed by atoms with van der Waals surface area (Å²) in [6.45, 7) is 19.4. The van der Waals surface area contributed by atoms with Gasteiger partial charge in [0, 0.05) is 13.5 Å². The minimum absolute atomic E-state index is 0.00716. The summed E-state index contributed by atoms with van der Waals surface area (Å²) in [7, 11) is -2.07. The smallest absolute Gasteiger partial charge is 0.323 e. The highest BCUT2D eigenvalue weighted by Gasteiger charge is 2.49. The first-order valence-corrected chi connectivity index (χ1v) is 13.5. The van der Waals surface area contributed by atoms with Crippen molar-refractivity contribution in [1.29, 1.82) is 0 Å². The molecule has 0 bridgehead atoms. The molecule has 8 heteroatoms. The highest BCUT2D eigenvalue weighted by molar-refractivity contribution is 6.74. The Kier molecular flexibility index (Phi) is 11.6. The van der Waals surface area contributed by atoms with Gasteiger partial charge >= 0.3 is 17.9 Å². The fourth-order valence-electron chi connectivity index (χ4n) is 2.68. The third kappa shape index (κ3) is 8.22. The maximum atomic E-state index is 13.0. The summed E-state index contributed by atoms with van der Waals surface area (Å²) in [6.07, 6.45) is 1.32. The molecule has 1 atom stereocenters. The van der Waals surface area contributed by atoms with E-state index in [0.29, 0.717) is 0 Å². The Morgan fingerprint density at radius 2 is 1.50 bits per heavy atom. The van der Waals surface area contributed by atoms with Crippen LogP contribution < -0.4 is 0 Å². The van der Waals surface area contributed by atoms with Crippen LogP contribution in [0.4, 0.5) is 0 Å². The van der Waals surface area contributed by atoms with E-state index in [9.17, 15) is 14.4 Å². The molecule has 0 aliphatic carbocycles. The van der Waals surface area contributed by atoms with Crippen LogP contribution in [-0.4, -0.2) is 52.1 Å². The van der Waals surface area contributed by atoms with Crippen molar-refractivity contribution in [1.82, 2.24) is 0 Å². The van der Waals surface area contributed by atoms with Crippen LogP contribution in [0.2, 0.25) is 18.1 Å². The van der Waals surface area contributed by atoms with Crippen LogP contribution in [0.25, 0.3) is 0 Å². The predicted octanol–water partition coefficient (Wildman–Crippen LogP) is 4.41. The molecule has 174 valence electrons. The number of esters is 3. The Bertz CT molecular complexity index is 575. The lowest BCUT2D eigenvalue weighted by Crippen LogP contribution is -2.46. The summed E-state index contributed by atoms with van der Waals surface area (Å²) in [5.41, 5.74) is -1.53. The molecule has 0 fully saturated rings. The Morgan fingerprint density at radius 3 is 1.87 bits per heavy atom. The highest BCUT2D eigenvalue weighted by atomic mass is 28.4. The van der Waals surface area contributed by atoms with E-state index in [1.807, 2.05) is 0 Å². The van der Waals surface area contributed by atoms with Crippen molar-refractivity contribution < 1.29 is 33.0 Å². The maximum Gasteiger partial charge on any atom is 0.323 e. The van der Waals surface area contributed by atoms with Crippen molar-refractivity contribution in [3.8, 4) is 0 Å². The second-order valence-electron chi connectivity index (χ2n) is 8.80. The minimum Gasteiger partial charge on any atom is -0.465 e. The second-order valence-corrected chi connectivity index (χ2v) is 13.6. The lowest BCUT2D eigenvalue weighted by atomic mass is 9.79. The number of hydrogen-bond acceptors (Lipinski definition) is 7. The second kappa shape index (κ2) is 12.2. The van der Waals surface area contributed by atoms with Crippen LogP contribution in [0.1, 0.15) is 60.8 Å². The van der Waals surface area contributed by atoms with Gasteiger partial charge in [0.05, 0.1) is 13.2 Å². The fraction of sp³-hybridized carbons (Fsp3) is 0.773. The lowest BCUT2D eigenvalue weighted by molar-refractivity contribution is -0.174. The van der Waals surface area contributed by atoms with Gasteiger partial charge in [-0.05, 0) is 51.2 Å². The first-order valence-electron chi connectivity index (χ1n) is 10.6. The molecule has 0 aliphatic heterocycles. The Morgan fingerprint density at radius 1 is 1.00 bits per heavy atom. The van der Waals surface area contributed by atoms with E-state index in [1.54, 1.807) is 13.8 Å². The van der Waals surface area contributed by atoms with Crippen LogP contribution in [0, 0.1) is 5.41 Å². The number of carbonyl (C=O) groups excluding carboxylic acids is 3. The maximum absolute atomic E-state index is 13.0. The summed E-state index contributed by atoms with van der Waals surface area (Å²) >= 11 is 0. The Balaban J connectivity index is 5.76. The molecule has 0 heterocycles. The van der Waals surface area contributed by atoms with Crippen molar-refractivity contribution in [3.63, 3.8) is 0 Å². The number of ether oxygens (including phenoxy) is 3. The molecule has 0 rings (SSSR count). The lowest BCUT2D eigenvalue weighted by Gasteiger charge is -2.37. The zero-order valence-electron chi connectivity index (χ0n) is 20.0. The number of hydrogen-bond donors (Lipinski definition) is 0. The topological polar surface area (TPSA) is 88.1 Å². The van der Waals surface area contributed by atoms with Crippen molar-refractivity contribution in [3.05, 3.63) is 12.7 Å². The first-order chi connectivity index (χ1) is 13.8. The van der Waals surface area contributed by atoms with Crippen LogP contribution in [0.3, 0.4) is 0 Å². The normalized spacial score (nSPS) is 13.3. The van der Waals surface area contributed by atoms with Crippen molar-refractivity contribution >= 4 is 26.2 Å². The molecule has 0 amide bonds. The van der Waals surface area contributed by atoms with Gasteiger partial charge in [0.25, 0.3) is 0 Å². The molecule has 0 aliphatic rings. The van der Waals surface area contributed by atoms with Crippen LogP contribution in [0.5, 0.6) is 0 Å². The third-order valence-electron chi connectivity index (χ3n) is 5.57. The molecule has 0 radical (unpaired) electrons. The van der Waals surface area contributed by atoms with Gasteiger partial charge in [-0.25, -0.2) is 0 Å². The summed E-state index contributed by atoms with van der Waals surface area (Å²) in [4.78, 5) is 37.2. The van der Waals surface area contributed by atoms with Gasteiger partial charge in [-0.15, -0.1) is 0 Å². The summed E-state index contributed by atoms with van der Waals surface area (Å²) < 4.78 is 21.9. The summed E-state index contributed by atoms with van der Waals surface area (Å²) in [5.74, 6) is -1.75. The summed E-state index contributed by atoms with van der Waals surface area (Å²) in [5, 5.41) is -0.00716. The molecular weight excluding hydrogens is 404 g/mol. The van der Waals surface area contributed by atoms with E-state index in [0.717, 1.165) is 0 Å². The molecule has 0 saturated heterocycles.